The molecule has 0 saturated carbocycles. The number of hydrogen-bond donors (Lipinski definition) is 3. The van der Waals surface area contributed by atoms with Gasteiger partial charge in [0.15, 0.2) is 4.91 Å². The van der Waals surface area contributed by atoms with E-state index in [1.807, 2.05) is 10.8 Å². The van der Waals surface area contributed by atoms with Crippen LogP contribution >= 0.6 is 0 Å². The van der Waals surface area contributed by atoms with E-state index in [2.05, 4.69) is 16.4 Å². The summed E-state index contributed by atoms with van der Waals surface area (Å²) in [6.45, 7) is 0.115. The van der Waals surface area contributed by atoms with Crippen molar-refractivity contribution in [3.63, 3.8) is 0 Å². The number of nitriles is 1. The summed E-state index contributed by atoms with van der Waals surface area (Å²) in [5, 5.41) is 11.7. The molecule has 30 heavy (non-hydrogen) atoms. The highest BCUT2D eigenvalue weighted by Crippen LogP contribution is 2.38. The van der Waals surface area contributed by atoms with Crippen molar-refractivity contribution in [2.45, 2.75) is 38.5 Å². The van der Waals surface area contributed by atoms with E-state index in [1.165, 1.54) is 11.1 Å². The zero-order valence-corrected chi connectivity index (χ0v) is 17.2. The molecule has 0 spiro atoms. The molecule has 1 aromatic carbocycles. The number of carbonyl (C=O) groups is 1. The highest BCUT2D eigenvalue weighted by molar-refractivity contribution is 7.94. The summed E-state index contributed by atoms with van der Waals surface area (Å²) in [5.74, 6) is -0.653. The molecule has 1 aromatic rings. The van der Waals surface area contributed by atoms with Gasteiger partial charge in [0.2, 0.25) is 5.90 Å². The molecule has 4 N–H and O–H groups in total. The highest BCUT2D eigenvalue weighted by atomic mass is 32.2. The van der Waals surface area contributed by atoms with E-state index in [1.54, 1.807) is 0 Å². The van der Waals surface area contributed by atoms with Gasteiger partial charge < -0.3 is 15.8 Å². The third-order valence-corrected chi connectivity index (χ3v) is 6.99. The Morgan fingerprint density at radius 3 is 2.43 bits per heavy atom. The number of nitrogens with zero attached hydrogens (tertiary/aromatic N) is 2. The first-order valence-electron chi connectivity index (χ1n) is 9.92. The molecule has 1 heterocycles. The quantitative estimate of drug-likeness (QED) is 0.661. The number of sulfonamides is 1. The van der Waals surface area contributed by atoms with Crippen LogP contribution in [-0.4, -0.2) is 33.5 Å². The van der Waals surface area contributed by atoms with Gasteiger partial charge in [-0.1, -0.05) is 6.07 Å². The number of nitrogens with one attached hydrogen (secondary N) is 2. The molecule has 1 atom stereocenters. The first-order chi connectivity index (χ1) is 14.4. The van der Waals surface area contributed by atoms with Crippen LogP contribution in [0.3, 0.4) is 0 Å². The molecule has 1 unspecified atom stereocenters. The number of aryl methyl sites for hydroxylation is 2. The van der Waals surface area contributed by atoms with Gasteiger partial charge in [0.05, 0.1) is 12.6 Å². The summed E-state index contributed by atoms with van der Waals surface area (Å²) in [4.78, 5) is 16.2. The monoisotopic (exact) mass is 429 g/mol. The summed E-state index contributed by atoms with van der Waals surface area (Å²) >= 11 is 0. The second kappa shape index (κ2) is 7.99. The highest BCUT2D eigenvalue weighted by Gasteiger charge is 2.31. The molecule has 0 bridgehead atoms. The number of carbonyl (C=O) groups excluding carboxylic acids is 1. The van der Waals surface area contributed by atoms with Crippen molar-refractivity contribution < 1.29 is 17.9 Å². The fourth-order valence-corrected chi connectivity index (χ4v) is 5.19. The minimum Gasteiger partial charge on any atom is -0.475 e. The lowest BCUT2D eigenvalue weighted by molar-refractivity contribution is 0.251. The van der Waals surface area contributed by atoms with Gasteiger partial charge in [0.25, 0.3) is 10.0 Å². The predicted molar refractivity (Wildman–Crippen MR) is 111 cm³/mol. The third kappa shape index (κ3) is 3.73. The second-order valence-corrected chi connectivity index (χ2v) is 9.26. The molecule has 2 amide bonds. The number of urea groups is 1. The molecule has 2 aliphatic carbocycles. The van der Waals surface area contributed by atoms with Gasteiger partial charge in [-0.05, 0) is 60.8 Å². The first kappa shape index (κ1) is 20.2. The maximum atomic E-state index is 12.7. The standard InChI is InChI=1S/C20H23N5O4S/c21-8-12-10-23-19(29-11-12)17(9-22)30(27,28)25-20(26)24-18-15-5-1-3-13(15)7-14-4-2-6-16(14)18/h7,9,12H,1-6,10-11,22H2,(H2,24,25,26). The van der Waals surface area contributed by atoms with Crippen LogP contribution in [0.5, 0.6) is 0 Å². The van der Waals surface area contributed by atoms with Crippen LogP contribution < -0.4 is 15.8 Å². The van der Waals surface area contributed by atoms with E-state index in [0.717, 1.165) is 61.5 Å². The third-order valence-electron chi connectivity index (χ3n) is 5.65. The summed E-state index contributed by atoms with van der Waals surface area (Å²) < 4.78 is 32.7. The van der Waals surface area contributed by atoms with Gasteiger partial charge in [-0.25, -0.2) is 22.9 Å². The number of aliphatic imine (C=N–C) groups is 1. The van der Waals surface area contributed by atoms with Crippen molar-refractivity contribution in [2.24, 2.45) is 16.6 Å². The Bertz CT molecular complexity index is 1070. The molecule has 0 saturated heterocycles. The number of rotatable bonds is 4. The van der Waals surface area contributed by atoms with Crippen molar-refractivity contribution in [1.82, 2.24) is 4.72 Å². The average molecular weight is 430 g/mol. The van der Waals surface area contributed by atoms with Crippen LogP contribution in [0.2, 0.25) is 0 Å². The normalized spacial score (nSPS) is 20.4. The number of hydrogen-bond acceptors (Lipinski definition) is 7. The Kier molecular flexibility index (Phi) is 5.39. The van der Waals surface area contributed by atoms with E-state index in [9.17, 15) is 13.2 Å². The summed E-state index contributed by atoms with van der Waals surface area (Å²) in [5.41, 5.74) is 10.9. The van der Waals surface area contributed by atoms with Gasteiger partial charge in [-0.2, -0.15) is 5.26 Å². The van der Waals surface area contributed by atoms with Crippen LogP contribution in [0.1, 0.15) is 35.1 Å². The fraction of sp³-hybridized carbons (Fsp3) is 0.450. The Morgan fingerprint density at radius 1 is 1.23 bits per heavy atom. The molecule has 0 aromatic heterocycles. The molecular weight excluding hydrogens is 406 g/mol. The Hall–Kier alpha value is -3.06. The number of nitrogens with two attached hydrogens (primary N) is 1. The topological polar surface area (TPSA) is 147 Å². The average Bonchev–Trinajstić information content (AvgIpc) is 3.37. The molecule has 10 heteroatoms. The van der Waals surface area contributed by atoms with Gasteiger partial charge in [-0.3, -0.25) is 0 Å². The molecule has 0 fully saturated rings. The fourth-order valence-electron chi connectivity index (χ4n) is 4.26. The van der Waals surface area contributed by atoms with Crippen molar-refractivity contribution in [3.8, 4) is 6.07 Å². The molecular formula is C20H23N5O4S. The Balaban J connectivity index is 1.53. The van der Waals surface area contributed by atoms with E-state index in [0.29, 0.717) is 0 Å². The predicted octanol–water partition coefficient (Wildman–Crippen LogP) is 1.48. The van der Waals surface area contributed by atoms with Gasteiger partial charge in [-0.15, -0.1) is 0 Å². The van der Waals surface area contributed by atoms with Crippen molar-refractivity contribution >= 4 is 27.6 Å². The van der Waals surface area contributed by atoms with Gasteiger partial charge in [0.1, 0.15) is 12.5 Å². The van der Waals surface area contributed by atoms with E-state index in [4.69, 9.17) is 15.7 Å². The summed E-state index contributed by atoms with van der Waals surface area (Å²) in [7, 11) is -4.31. The number of fused-ring (bicyclic) bond motifs is 2. The first-order valence-corrected chi connectivity index (χ1v) is 11.4. The Labute approximate surface area is 175 Å². The molecule has 9 nitrogen and oxygen atoms in total. The van der Waals surface area contributed by atoms with Crippen molar-refractivity contribution in [2.75, 3.05) is 18.5 Å². The second-order valence-electron chi connectivity index (χ2n) is 7.61. The molecule has 158 valence electrons. The van der Waals surface area contributed by atoms with Crippen LogP contribution in [-0.2, 0) is 40.4 Å². The smallest absolute Gasteiger partial charge is 0.333 e. The lowest BCUT2D eigenvalue weighted by atomic mass is 9.99. The van der Waals surface area contributed by atoms with Crippen LogP contribution in [0.15, 0.2) is 22.2 Å². The zero-order chi connectivity index (χ0) is 21.3. The van der Waals surface area contributed by atoms with E-state index >= 15 is 0 Å². The number of anilines is 1. The molecule has 0 radical (unpaired) electrons. The van der Waals surface area contributed by atoms with Crippen LogP contribution in [0.4, 0.5) is 10.5 Å². The SMILES string of the molecule is N#CC1CN=C(C(=CN)S(=O)(=O)NC(=O)Nc2c3c(cc4c2CCC4)CCC3)OC1. The molecule has 3 aliphatic rings. The largest absolute Gasteiger partial charge is 0.475 e. The number of ether oxygens (including phenoxy) is 1. The van der Waals surface area contributed by atoms with Crippen LogP contribution in [0.25, 0.3) is 0 Å². The molecule has 1 aliphatic heterocycles. The minimum atomic E-state index is -4.31. The Morgan fingerprint density at radius 2 is 1.90 bits per heavy atom. The lowest BCUT2D eigenvalue weighted by Gasteiger charge is -2.20. The van der Waals surface area contributed by atoms with Gasteiger partial charge in [0, 0.05) is 11.9 Å². The maximum absolute atomic E-state index is 12.7. The summed E-state index contributed by atoms with van der Waals surface area (Å²) in [6.07, 6.45) is 6.55. The lowest BCUT2D eigenvalue weighted by Crippen LogP contribution is -2.39. The van der Waals surface area contributed by atoms with Crippen LogP contribution in [0, 0.1) is 17.2 Å². The van der Waals surface area contributed by atoms with Crippen molar-refractivity contribution in [3.05, 3.63) is 39.4 Å². The van der Waals surface area contributed by atoms with E-state index in [-0.39, 0.29) is 19.0 Å². The number of benzene rings is 1. The maximum Gasteiger partial charge on any atom is 0.333 e. The van der Waals surface area contributed by atoms with E-state index < -0.39 is 26.9 Å². The van der Waals surface area contributed by atoms with Gasteiger partial charge >= 0.3 is 6.03 Å². The summed E-state index contributed by atoms with van der Waals surface area (Å²) in [6, 6.07) is 3.39. The number of amides is 2. The molecule has 4 rings (SSSR count). The minimum absolute atomic E-state index is 0.0106. The zero-order valence-electron chi connectivity index (χ0n) is 16.4. The van der Waals surface area contributed by atoms with Crippen molar-refractivity contribution in [1.29, 1.82) is 5.26 Å².